The van der Waals surface area contributed by atoms with E-state index in [0.717, 1.165) is 22.3 Å². The van der Waals surface area contributed by atoms with Crippen LogP contribution in [0.1, 0.15) is 29.2 Å². The molecular weight excluding hydrogens is 410 g/mol. The van der Waals surface area contributed by atoms with E-state index in [1.165, 1.54) is 4.90 Å². The zero-order valence-electron chi connectivity index (χ0n) is 16.9. The normalized spacial score (nSPS) is 22.6. The summed E-state index contributed by atoms with van der Waals surface area (Å²) in [6.07, 6.45) is 0.830. The van der Waals surface area contributed by atoms with E-state index in [2.05, 4.69) is 0 Å². The number of fused-ring (bicyclic) bond motifs is 2. The molecule has 5 rings (SSSR count). The molecular formula is C26H20ClNO3. The molecule has 0 unspecified atom stereocenters. The van der Waals surface area contributed by atoms with E-state index in [-0.39, 0.29) is 18.4 Å². The van der Waals surface area contributed by atoms with Crippen LogP contribution in [0.5, 0.6) is 0 Å². The number of imide groups is 1. The number of nitrogens with zero attached hydrogens (tertiary/aromatic N) is 1. The van der Waals surface area contributed by atoms with E-state index in [9.17, 15) is 9.59 Å². The third-order valence-electron chi connectivity index (χ3n) is 5.98. The highest BCUT2D eigenvalue weighted by atomic mass is 35.5. The van der Waals surface area contributed by atoms with E-state index in [1.54, 1.807) is 18.2 Å². The first kappa shape index (κ1) is 19.7. The highest BCUT2D eigenvalue weighted by Gasteiger charge is 2.49. The fourth-order valence-corrected chi connectivity index (χ4v) is 4.45. The summed E-state index contributed by atoms with van der Waals surface area (Å²) in [7, 11) is 0. The van der Waals surface area contributed by atoms with Gasteiger partial charge in [-0.3, -0.25) is 14.5 Å². The lowest BCUT2D eigenvalue weighted by Gasteiger charge is -2.33. The molecule has 0 aliphatic carbocycles. The van der Waals surface area contributed by atoms with Gasteiger partial charge in [-0.25, -0.2) is 0 Å². The van der Waals surface area contributed by atoms with Crippen LogP contribution >= 0.6 is 11.6 Å². The smallest absolute Gasteiger partial charge is 0.263 e. The average molecular weight is 430 g/mol. The van der Waals surface area contributed by atoms with E-state index >= 15 is 0 Å². The number of benzene rings is 3. The maximum absolute atomic E-state index is 13.3. The van der Waals surface area contributed by atoms with Gasteiger partial charge in [0.15, 0.2) is 6.10 Å². The molecule has 1 saturated heterocycles. The van der Waals surface area contributed by atoms with Gasteiger partial charge in [-0.05, 0) is 47.4 Å². The molecule has 4 nitrogen and oxygen atoms in total. The number of hydrogen-bond acceptors (Lipinski definition) is 3. The van der Waals surface area contributed by atoms with Gasteiger partial charge in [-0.1, -0.05) is 78.3 Å². The highest BCUT2D eigenvalue weighted by Crippen LogP contribution is 2.43. The average Bonchev–Trinajstić information content (AvgIpc) is 2.92. The van der Waals surface area contributed by atoms with Crippen molar-refractivity contribution in [3.63, 3.8) is 0 Å². The van der Waals surface area contributed by atoms with Crippen LogP contribution in [0.3, 0.4) is 0 Å². The summed E-state index contributed by atoms with van der Waals surface area (Å²) in [4.78, 5) is 27.9. The second-order valence-corrected chi connectivity index (χ2v) is 8.38. The van der Waals surface area contributed by atoms with Gasteiger partial charge in [-0.15, -0.1) is 0 Å². The number of ether oxygens (including phenoxy) is 1. The summed E-state index contributed by atoms with van der Waals surface area (Å²) in [6.45, 7) is 2.15. The minimum atomic E-state index is -0.968. The Hall–Kier alpha value is -3.21. The molecule has 0 spiro atoms. The summed E-state index contributed by atoms with van der Waals surface area (Å²) < 4.78 is 6.50. The van der Waals surface area contributed by atoms with Crippen LogP contribution in [0.4, 0.5) is 0 Å². The lowest BCUT2D eigenvalue weighted by Crippen LogP contribution is -2.38. The Morgan fingerprint density at radius 1 is 0.935 bits per heavy atom. The lowest BCUT2D eigenvalue weighted by atomic mass is 9.85. The Bertz CT molecular complexity index is 1200. The molecule has 0 bridgehead atoms. The zero-order valence-corrected chi connectivity index (χ0v) is 17.7. The Morgan fingerprint density at radius 3 is 2.35 bits per heavy atom. The minimum absolute atomic E-state index is 0.217. The van der Waals surface area contributed by atoms with E-state index in [4.69, 9.17) is 16.3 Å². The Morgan fingerprint density at radius 2 is 1.61 bits per heavy atom. The van der Waals surface area contributed by atoms with E-state index in [1.807, 2.05) is 73.7 Å². The van der Waals surface area contributed by atoms with Crippen LogP contribution in [-0.2, 0) is 26.5 Å². The molecule has 3 aromatic carbocycles. The molecule has 2 amide bonds. The molecule has 2 aliphatic heterocycles. The summed E-state index contributed by atoms with van der Waals surface area (Å²) >= 11 is 6.10. The van der Waals surface area contributed by atoms with Crippen molar-refractivity contribution >= 4 is 29.5 Å². The molecule has 2 heterocycles. The van der Waals surface area contributed by atoms with Crippen molar-refractivity contribution in [1.29, 1.82) is 0 Å². The van der Waals surface area contributed by atoms with E-state index < -0.39 is 11.7 Å². The van der Waals surface area contributed by atoms with Gasteiger partial charge in [0.2, 0.25) is 0 Å². The number of carbonyl (C=O) groups is 2. The Balaban J connectivity index is 1.60. The van der Waals surface area contributed by atoms with Crippen molar-refractivity contribution in [3.05, 3.63) is 112 Å². The molecule has 0 radical (unpaired) electrons. The van der Waals surface area contributed by atoms with Crippen molar-refractivity contribution in [2.45, 2.75) is 25.2 Å². The van der Waals surface area contributed by atoms with Gasteiger partial charge in [0.25, 0.3) is 11.8 Å². The molecule has 0 N–H and O–H groups in total. The van der Waals surface area contributed by atoms with Gasteiger partial charge in [0, 0.05) is 5.02 Å². The number of hydrogen-bond donors (Lipinski definition) is 0. The van der Waals surface area contributed by atoms with Crippen LogP contribution in [0.2, 0.25) is 5.02 Å². The predicted octanol–water partition coefficient (Wildman–Crippen LogP) is 4.95. The largest absolute Gasteiger partial charge is 0.348 e. The van der Waals surface area contributed by atoms with Crippen LogP contribution in [0, 0.1) is 0 Å². The van der Waals surface area contributed by atoms with Crippen molar-refractivity contribution in [3.8, 4) is 0 Å². The van der Waals surface area contributed by atoms with Crippen LogP contribution in [-0.4, -0.2) is 22.8 Å². The zero-order chi connectivity index (χ0) is 21.6. The van der Waals surface area contributed by atoms with Gasteiger partial charge in [-0.2, -0.15) is 0 Å². The second-order valence-electron chi connectivity index (χ2n) is 7.94. The van der Waals surface area contributed by atoms with Gasteiger partial charge < -0.3 is 4.74 Å². The molecule has 0 saturated carbocycles. The summed E-state index contributed by atoms with van der Waals surface area (Å²) in [5.74, 6) is -0.651. The molecule has 2 aliphatic rings. The standard InChI is InChI=1S/C26H20ClNO3/c1-26(19-11-13-20(27)14-12-19)22-10-6-5-9-18(22)15-21-23(31-26)25(30)28(24(21)29)16-17-7-3-2-4-8-17/h2-15,23H,16H2,1H3/t23-,26+/m0/s1. The van der Waals surface area contributed by atoms with Crippen LogP contribution in [0.25, 0.3) is 6.08 Å². The fourth-order valence-electron chi connectivity index (χ4n) is 4.33. The molecule has 154 valence electrons. The SMILES string of the molecule is C[C@]1(c2ccc(Cl)cc2)O[C@@H]2C(=O)N(Cc3ccccc3)C(=O)C2=Cc2ccccc21. The van der Waals surface area contributed by atoms with Crippen molar-refractivity contribution in [2.24, 2.45) is 0 Å². The minimum Gasteiger partial charge on any atom is -0.348 e. The van der Waals surface area contributed by atoms with Crippen molar-refractivity contribution in [2.75, 3.05) is 0 Å². The molecule has 3 aromatic rings. The lowest BCUT2D eigenvalue weighted by molar-refractivity contribution is -0.147. The number of amides is 2. The fraction of sp³-hybridized carbons (Fsp3) is 0.154. The maximum Gasteiger partial charge on any atom is 0.263 e. The summed E-state index contributed by atoms with van der Waals surface area (Å²) in [5.41, 5.74) is 2.95. The molecule has 1 fully saturated rings. The van der Waals surface area contributed by atoms with Crippen molar-refractivity contribution < 1.29 is 14.3 Å². The number of halogens is 1. The first-order valence-electron chi connectivity index (χ1n) is 10.1. The first-order valence-corrected chi connectivity index (χ1v) is 10.5. The monoisotopic (exact) mass is 429 g/mol. The third kappa shape index (κ3) is 3.29. The number of rotatable bonds is 3. The Kier molecular flexibility index (Phi) is 4.77. The predicted molar refractivity (Wildman–Crippen MR) is 119 cm³/mol. The van der Waals surface area contributed by atoms with Gasteiger partial charge in [0.05, 0.1) is 12.1 Å². The summed E-state index contributed by atoms with van der Waals surface area (Å²) in [5, 5.41) is 0.620. The van der Waals surface area contributed by atoms with Gasteiger partial charge in [0.1, 0.15) is 5.60 Å². The molecule has 31 heavy (non-hydrogen) atoms. The van der Waals surface area contributed by atoms with E-state index in [0.29, 0.717) is 10.6 Å². The van der Waals surface area contributed by atoms with Crippen LogP contribution in [0.15, 0.2) is 84.4 Å². The molecule has 5 heteroatoms. The Labute approximate surface area is 185 Å². The quantitative estimate of drug-likeness (QED) is 0.553. The topological polar surface area (TPSA) is 46.6 Å². The van der Waals surface area contributed by atoms with Gasteiger partial charge >= 0.3 is 0 Å². The summed E-state index contributed by atoms with van der Waals surface area (Å²) in [6, 6.07) is 24.6. The van der Waals surface area contributed by atoms with Crippen LogP contribution < -0.4 is 0 Å². The maximum atomic E-state index is 13.3. The van der Waals surface area contributed by atoms with Crippen molar-refractivity contribution in [1.82, 2.24) is 4.90 Å². The first-order chi connectivity index (χ1) is 15.0. The number of carbonyl (C=O) groups excluding carboxylic acids is 2. The molecule has 2 atom stereocenters. The highest BCUT2D eigenvalue weighted by molar-refractivity contribution is 6.30. The molecule has 0 aromatic heterocycles. The third-order valence-corrected chi connectivity index (χ3v) is 6.23. The second kappa shape index (κ2) is 7.49. The number of likely N-dealkylation sites (tertiary alicyclic amines) is 1.